The molecular formula is C6H9ClN2O3S. The first-order chi connectivity index (χ1) is 5.59. The summed E-state index contributed by atoms with van der Waals surface area (Å²) < 4.78 is 9.27. The quantitative estimate of drug-likeness (QED) is 0.579. The van der Waals surface area contributed by atoms with Crippen molar-refractivity contribution in [2.24, 2.45) is 5.73 Å². The molecule has 0 fully saturated rings. The van der Waals surface area contributed by atoms with Gasteiger partial charge in [-0.25, -0.2) is 4.79 Å². The number of hydrogen-bond acceptors (Lipinski definition) is 5. The lowest BCUT2D eigenvalue weighted by atomic mass is 10.4. The minimum Gasteiger partial charge on any atom is -0.396 e. The van der Waals surface area contributed by atoms with E-state index in [0.717, 1.165) is 11.8 Å². The van der Waals surface area contributed by atoms with Crippen LogP contribution in [0.15, 0.2) is 13.6 Å². The van der Waals surface area contributed by atoms with E-state index in [0.29, 0.717) is 17.3 Å². The summed E-state index contributed by atoms with van der Waals surface area (Å²) in [5, 5.41) is 6.90. The molecule has 74 valence electrons. The van der Waals surface area contributed by atoms with Crippen molar-refractivity contribution in [3.63, 3.8) is 0 Å². The Balaban J connectivity index is 0.00000144. The molecule has 13 heavy (non-hydrogen) atoms. The monoisotopic (exact) mass is 224 g/mol. The van der Waals surface area contributed by atoms with Gasteiger partial charge in [-0.05, 0) is 6.92 Å². The molecule has 0 aliphatic carbocycles. The van der Waals surface area contributed by atoms with Gasteiger partial charge in [0, 0.05) is 0 Å². The molecule has 0 bridgehead atoms. The van der Waals surface area contributed by atoms with Crippen molar-refractivity contribution in [1.82, 2.24) is 0 Å². The standard InChI is InChI=1S/C6H8N2O3S.ClH/c1-3-4(2-12-5(7)8)11-6(9)10-3;/h2H2,1H3,(H3,7,8);1H. The highest BCUT2D eigenvalue weighted by molar-refractivity contribution is 8.13. The van der Waals surface area contributed by atoms with Crippen molar-refractivity contribution < 1.29 is 8.83 Å². The van der Waals surface area contributed by atoms with Gasteiger partial charge in [0.2, 0.25) is 0 Å². The second kappa shape index (κ2) is 4.98. The van der Waals surface area contributed by atoms with Gasteiger partial charge in [-0.1, -0.05) is 11.8 Å². The molecule has 0 saturated carbocycles. The van der Waals surface area contributed by atoms with Crippen molar-refractivity contribution in [1.29, 1.82) is 5.41 Å². The zero-order chi connectivity index (χ0) is 9.14. The third kappa shape index (κ3) is 3.56. The van der Waals surface area contributed by atoms with E-state index in [-0.39, 0.29) is 17.6 Å². The van der Waals surface area contributed by atoms with Gasteiger partial charge in [-0.15, -0.1) is 12.4 Å². The van der Waals surface area contributed by atoms with Crippen LogP contribution >= 0.6 is 24.2 Å². The van der Waals surface area contributed by atoms with E-state index in [9.17, 15) is 4.79 Å². The molecule has 0 spiro atoms. The highest BCUT2D eigenvalue weighted by atomic mass is 35.5. The predicted molar refractivity (Wildman–Crippen MR) is 52.4 cm³/mol. The smallest absolute Gasteiger partial charge is 0.396 e. The van der Waals surface area contributed by atoms with Gasteiger partial charge in [0.25, 0.3) is 0 Å². The molecule has 0 atom stereocenters. The Hall–Kier alpha value is -0.880. The first kappa shape index (κ1) is 12.1. The summed E-state index contributed by atoms with van der Waals surface area (Å²) in [4.78, 5) is 10.5. The summed E-state index contributed by atoms with van der Waals surface area (Å²) in [5.41, 5.74) is 5.09. The number of hydrogen-bond donors (Lipinski definition) is 2. The Morgan fingerprint density at radius 2 is 2.23 bits per heavy atom. The molecular weight excluding hydrogens is 216 g/mol. The van der Waals surface area contributed by atoms with E-state index in [1.54, 1.807) is 6.92 Å². The Morgan fingerprint density at radius 1 is 1.62 bits per heavy atom. The largest absolute Gasteiger partial charge is 0.519 e. The van der Waals surface area contributed by atoms with Crippen LogP contribution < -0.4 is 11.6 Å². The average Bonchev–Trinajstić information content (AvgIpc) is 2.26. The molecule has 0 aliphatic heterocycles. The fourth-order valence-corrected chi connectivity index (χ4v) is 1.20. The summed E-state index contributed by atoms with van der Waals surface area (Å²) in [7, 11) is 0. The predicted octanol–water partition coefficient (Wildman–Crippen LogP) is 1.09. The van der Waals surface area contributed by atoms with Crippen molar-refractivity contribution in [3.05, 3.63) is 22.1 Å². The van der Waals surface area contributed by atoms with Gasteiger partial charge >= 0.3 is 5.82 Å². The summed E-state index contributed by atoms with van der Waals surface area (Å²) in [6.07, 6.45) is 0. The van der Waals surface area contributed by atoms with Gasteiger partial charge in [0.1, 0.15) is 5.76 Å². The van der Waals surface area contributed by atoms with Crippen molar-refractivity contribution in [2.45, 2.75) is 12.7 Å². The Bertz CT molecular complexity index is 346. The molecule has 1 heterocycles. The highest BCUT2D eigenvalue weighted by Gasteiger charge is 2.08. The molecule has 0 unspecified atom stereocenters. The van der Waals surface area contributed by atoms with Crippen LogP contribution in [0.4, 0.5) is 0 Å². The first-order valence-corrected chi connectivity index (χ1v) is 4.14. The van der Waals surface area contributed by atoms with Crippen molar-refractivity contribution >= 4 is 29.3 Å². The van der Waals surface area contributed by atoms with Gasteiger partial charge in [0.05, 0.1) is 5.75 Å². The summed E-state index contributed by atoms with van der Waals surface area (Å²) in [6.45, 7) is 1.63. The van der Waals surface area contributed by atoms with Gasteiger partial charge in [0.15, 0.2) is 10.9 Å². The number of thioether (sulfide) groups is 1. The van der Waals surface area contributed by atoms with Gasteiger partial charge in [-0.2, -0.15) is 0 Å². The SMILES string of the molecule is Cc1oc(=O)oc1CSC(=N)N.Cl. The topological polar surface area (TPSA) is 93.2 Å². The lowest BCUT2D eigenvalue weighted by Gasteiger charge is -1.93. The number of nitrogens with one attached hydrogen (secondary N) is 1. The zero-order valence-electron chi connectivity index (χ0n) is 6.83. The van der Waals surface area contributed by atoms with Crippen LogP contribution in [0.3, 0.4) is 0 Å². The lowest BCUT2D eigenvalue weighted by molar-refractivity contribution is 0.372. The second-order valence-electron chi connectivity index (χ2n) is 2.09. The molecule has 0 aromatic carbocycles. The van der Waals surface area contributed by atoms with E-state index in [4.69, 9.17) is 11.1 Å². The minimum atomic E-state index is -0.716. The first-order valence-electron chi connectivity index (χ1n) is 3.16. The van der Waals surface area contributed by atoms with Crippen molar-refractivity contribution in [2.75, 3.05) is 0 Å². The number of amidine groups is 1. The number of aryl methyl sites for hydroxylation is 1. The molecule has 0 aliphatic rings. The third-order valence-electron chi connectivity index (χ3n) is 1.19. The van der Waals surface area contributed by atoms with E-state index in [2.05, 4.69) is 8.83 Å². The molecule has 7 heteroatoms. The van der Waals surface area contributed by atoms with Crippen LogP contribution in [0.5, 0.6) is 0 Å². The molecule has 1 rings (SSSR count). The number of rotatable bonds is 2. The number of nitrogens with two attached hydrogens (primary N) is 1. The van der Waals surface area contributed by atoms with Crippen LogP contribution in [-0.2, 0) is 5.75 Å². The maximum Gasteiger partial charge on any atom is 0.519 e. The van der Waals surface area contributed by atoms with Gasteiger partial charge in [-0.3, -0.25) is 5.41 Å². The molecule has 3 N–H and O–H groups in total. The van der Waals surface area contributed by atoms with E-state index in [1.165, 1.54) is 0 Å². The summed E-state index contributed by atoms with van der Waals surface area (Å²) in [6, 6.07) is 0. The van der Waals surface area contributed by atoms with Crippen molar-refractivity contribution in [3.8, 4) is 0 Å². The fraction of sp³-hybridized carbons (Fsp3) is 0.333. The Morgan fingerprint density at radius 3 is 2.62 bits per heavy atom. The maximum atomic E-state index is 10.5. The van der Waals surface area contributed by atoms with E-state index in [1.807, 2.05) is 0 Å². The summed E-state index contributed by atoms with van der Waals surface area (Å²) in [5.74, 6) is 0.507. The maximum absolute atomic E-state index is 10.5. The Kier molecular flexibility index (Phi) is 4.64. The van der Waals surface area contributed by atoms with Crippen LogP contribution in [0.1, 0.15) is 11.5 Å². The Labute approximate surface area is 84.6 Å². The fourth-order valence-electron chi connectivity index (χ4n) is 0.650. The molecule has 5 nitrogen and oxygen atoms in total. The van der Waals surface area contributed by atoms with Crippen LogP contribution in [0, 0.1) is 12.3 Å². The normalized spacial score (nSPS) is 9.31. The molecule has 1 aromatic heterocycles. The highest BCUT2D eigenvalue weighted by Crippen LogP contribution is 2.13. The third-order valence-corrected chi connectivity index (χ3v) is 1.91. The van der Waals surface area contributed by atoms with Crippen LogP contribution in [-0.4, -0.2) is 5.17 Å². The van der Waals surface area contributed by atoms with E-state index >= 15 is 0 Å². The zero-order valence-corrected chi connectivity index (χ0v) is 8.46. The lowest BCUT2D eigenvalue weighted by Crippen LogP contribution is -2.03. The summed E-state index contributed by atoms with van der Waals surface area (Å²) >= 11 is 1.08. The van der Waals surface area contributed by atoms with E-state index < -0.39 is 5.82 Å². The van der Waals surface area contributed by atoms with Crippen LogP contribution in [0.2, 0.25) is 0 Å². The van der Waals surface area contributed by atoms with Gasteiger partial charge < -0.3 is 14.6 Å². The molecule has 0 radical (unpaired) electrons. The molecule has 1 aromatic rings. The number of halogens is 1. The van der Waals surface area contributed by atoms with Crippen LogP contribution in [0.25, 0.3) is 0 Å². The molecule has 0 saturated heterocycles. The minimum absolute atomic E-state index is 0. The second-order valence-corrected chi connectivity index (χ2v) is 3.10. The molecule has 0 amide bonds. The average molecular weight is 225 g/mol.